The van der Waals surface area contributed by atoms with E-state index in [0.717, 1.165) is 29.5 Å². The second-order valence-electron chi connectivity index (χ2n) is 5.41. The maximum atomic E-state index is 6.76. The van der Waals surface area contributed by atoms with E-state index in [1.54, 1.807) is 7.11 Å². The standard InChI is InChI=1S/C18H22BrNO/c1-3-11-18(20,15-7-5-4-6-8-15)13-14-12-16(21-2)9-10-17(14)19/h4-10,12H,3,11,13,20H2,1-2H3. The summed E-state index contributed by atoms with van der Waals surface area (Å²) in [6.07, 6.45) is 2.77. The minimum atomic E-state index is -0.356. The zero-order valence-electron chi connectivity index (χ0n) is 12.6. The second kappa shape index (κ2) is 7.10. The molecule has 1 atom stereocenters. The molecule has 0 saturated carbocycles. The van der Waals surface area contributed by atoms with E-state index in [1.807, 2.05) is 30.3 Å². The van der Waals surface area contributed by atoms with Gasteiger partial charge in [-0.3, -0.25) is 0 Å². The first-order valence-corrected chi connectivity index (χ1v) is 8.05. The Labute approximate surface area is 135 Å². The Morgan fingerprint density at radius 2 is 1.86 bits per heavy atom. The van der Waals surface area contributed by atoms with Crippen LogP contribution in [0.3, 0.4) is 0 Å². The molecule has 1 unspecified atom stereocenters. The fourth-order valence-electron chi connectivity index (χ4n) is 2.70. The minimum Gasteiger partial charge on any atom is -0.497 e. The van der Waals surface area contributed by atoms with Gasteiger partial charge < -0.3 is 10.5 Å². The molecule has 112 valence electrons. The molecule has 0 aliphatic rings. The molecule has 0 saturated heterocycles. The quantitative estimate of drug-likeness (QED) is 0.824. The van der Waals surface area contributed by atoms with Crippen molar-refractivity contribution in [2.45, 2.75) is 31.7 Å². The van der Waals surface area contributed by atoms with Crippen molar-refractivity contribution in [2.24, 2.45) is 5.73 Å². The van der Waals surface area contributed by atoms with E-state index in [2.05, 4.69) is 41.1 Å². The van der Waals surface area contributed by atoms with Gasteiger partial charge in [0.1, 0.15) is 5.75 Å². The summed E-state index contributed by atoms with van der Waals surface area (Å²) in [5, 5.41) is 0. The lowest BCUT2D eigenvalue weighted by Crippen LogP contribution is -2.39. The Balaban J connectivity index is 2.36. The van der Waals surface area contributed by atoms with E-state index in [-0.39, 0.29) is 5.54 Å². The molecule has 0 aromatic heterocycles. The van der Waals surface area contributed by atoms with Crippen molar-refractivity contribution in [1.29, 1.82) is 0 Å². The predicted molar refractivity (Wildman–Crippen MR) is 91.6 cm³/mol. The molecule has 2 nitrogen and oxygen atoms in total. The van der Waals surface area contributed by atoms with E-state index in [9.17, 15) is 0 Å². The molecular formula is C18H22BrNO. The van der Waals surface area contributed by atoms with Crippen LogP contribution >= 0.6 is 15.9 Å². The van der Waals surface area contributed by atoms with E-state index < -0.39 is 0 Å². The van der Waals surface area contributed by atoms with E-state index in [1.165, 1.54) is 11.1 Å². The molecule has 2 aromatic carbocycles. The first-order chi connectivity index (χ1) is 10.1. The topological polar surface area (TPSA) is 35.2 Å². The van der Waals surface area contributed by atoms with Crippen LogP contribution in [0.15, 0.2) is 53.0 Å². The lowest BCUT2D eigenvalue weighted by atomic mass is 9.81. The Hall–Kier alpha value is -1.32. The third-order valence-corrected chi connectivity index (χ3v) is 4.58. The van der Waals surface area contributed by atoms with Crippen molar-refractivity contribution in [1.82, 2.24) is 0 Å². The highest BCUT2D eigenvalue weighted by Crippen LogP contribution is 2.32. The summed E-state index contributed by atoms with van der Waals surface area (Å²) >= 11 is 3.62. The largest absolute Gasteiger partial charge is 0.497 e. The highest BCUT2D eigenvalue weighted by molar-refractivity contribution is 9.10. The van der Waals surface area contributed by atoms with Gasteiger partial charge in [-0.15, -0.1) is 0 Å². The molecule has 21 heavy (non-hydrogen) atoms. The van der Waals surface area contributed by atoms with Crippen LogP contribution in [-0.4, -0.2) is 7.11 Å². The molecule has 0 aliphatic heterocycles. The van der Waals surface area contributed by atoms with Crippen LogP contribution in [0.25, 0.3) is 0 Å². The van der Waals surface area contributed by atoms with Gasteiger partial charge in [-0.1, -0.05) is 59.6 Å². The van der Waals surface area contributed by atoms with Gasteiger partial charge in [-0.25, -0.2) is 0 Å². The molecular weight excluding hydrogens is 326 g/mol. The van der Waals surface area contributed by atoms with Crippen LogP contribution in [0.5, 0.6) is 5.75 Å². The molecule has 0 spiro atoms. The van der Waals surface area contributed by atoms with Crippen LogP contribution in [0.4, 0.5) is 0 Å². The zero-order valence-corrected chi connectivity index (χ0v) is 14.2. The summed E-state index contributed by atoms with van der Waals surface area (Å²) in [5.74, 6) is 0.861. The van der Waals surface area contributed by atoms with Gasteiger partial charge >= 0.3 is 0 Å². The lowest BCUT2D eigenvalue weighted by Gasteiger charge is -2.30. The van der Waals surface area contributed by atoms with Gasteiger partial charge in [0.15, 0.2) is 0 Å². The van der Waals surface area contributed by atoms with Crippen LogP contribution in [0, 0.1) is 0 Å². The maximum absolute atomic E-state index is 6.76. The molecule has 2 aromatic rings. The molecule has 0 radical (unpaired) electrons. The number of hydrogen-bond donors (Lipinski definition) is 1. The molecule has 3 heteroatoms. The summed E-state index contributed by atoms with van der Waals surface area (Å²) in [7, 11) is 1.69. The van der Waals surface area contributed by atoms with Gasteiger partial charge in [0.25, 0.3) is 0 Å². The summed E-state index contributed by atoms with van der Waals surface area (Å²) in [4.78, 5) is 0. The monoisotopic (exact) mass is 347 g/mol. The number of hydrogen-bond acceptors (Lipinski definition) is 2. The number of methoxy groups -OCH3 is 1. The Kier molecular flexibility index (Phi) is 5.43. The fourth-order valence-corrected chi connectivity index (χ4v) is 3.09. The Morgan fingerprint density at radius 3 is 2.48 bits per heavy atom. The summed E-state index contributed by atoms with van der Waals surface area (Å²) in [5.41, 5.74) is 8.76. The normalized spacial score (nSPS) is 13.7. The van der Waals surface area contributed by atoms with Gasteiger partial charge in [0.2, 0.25) is 0 Å². The van der Waals surface area contributed by atoms with Crippen molar-refractivity contribution >= 4 is 15.9 Å². The lowest BCUT2D eigenvalue weighted by molar-refractivity contribution is 0.395. The van der Waals surface area contributed by atoms with Crippen molar-refractivity contribution in [3.8, 4) is 5.75 Å². The maximum Gasteiger partial charge on any atom is 0.119 e. The zero-order chi connectivity index (χ0) is 15.3. The van der Waals surface area contributed by atoms with E-state index in [4.69, 9.17) is 10.5 Å². The Morgan fingerprint density at radius 1 is 1.14 bits per heavy atom. The average molecular weight is 348 g/mol. The van der Waals surface area contributed by atoms with Crippen molar-refractivity contribution in [3.63, 3.8) is 0 Å². The minimum absolute atomic E-state index is 0.356. The summed E-state index contributed by atoms with van der Waals surface area (Å²) in [6.45, 7) is 2.17. The summed E-state index contributed by atoms with van der Waals surface area (Å²) < 4.78 is 6.40. The third kappa shape index (κ3) is 3.86. The number of rotatable bonds is 6. The number of benzene rings is 2. The van der Waals surface area contributed by atoms with E-state index >= 15 is 0 Å². The van der Waals surface area contributed by atoms with Crippen LogP contribution in [-0.2, 0) is 12.0 Å². The Bertz CT molecular complexity index is 585. The van der Waals surface area contributed by atoms with Gasteiger partial charge in [0, 0.05) is 10.0 Å². The molecule has 2 N–H and O–H groups in total. The predicted octanol–water partition coefficient (Wildman–Crippen LogP) is 4.65. The SMILES string of the molecule is CCCC(N)(Cc1cc(OC)ccc1Br)c1ccccc1. The van der Waals surface area contributed by atoms with Crippen molar-refractivity contribution in [2.75, 3.05) is 7.11 Å². The molecule has 0 aliphatic carbocycles. The molecule has 2 rings (SSSR count). The van der Waals surface area contributed by atoms with Crippen LogP contribution in [0.2, 0.25) is 0 Å². The van der Waals surface area contributed by atoms with Crippen LogP contribution < -0.4 is 10.5 Å². The molecule has 0 bridgehead atoms. The molecule has 0 heterocycles. The van der Waals surface area contributed by atoms with Gasteiger partial charge in [-0.2, -0.15) is 0 Å². The number of nitrogens with two attached hydrogens (primary N) is 1. The first-order valence-electron chi connectivity index (χ1n) is 7.26. The van der Waals surface area contributed by atoms with Gasteiger partial charge in [0.05, 0.1) is 7.11 Å². The summed E-state index contributed by atoms with van der Waals surface area (Å²) in [6, 6.07) is 16.4. The average Bonchev–Trinajstić information content (AvgIpc) is 2.51. The van der Waals surface area contributed by atoms with E-state index in [0.29, 0.717) is 0 Å². The van der Waals surface area contributed by atoms with Crippen molar-refractivity contribution in [3.05, 3.63) is 64.1 Å². The number of ether oxygens (including phenoxy) is 1. The van der Waals surface area contributed by atoms with Crippen molar-refractivity contribution < 1.29 is 4.74 Å². The first kappa shape index (κ1) is 16.1. The highest BCUT2D eigenvalue weighted by Gasteiger charge is 2.27. The third-order valence-electron chi connectivity index (χ3n) is 3.80. The number of halogens is 1. The van der Waals surface area contributed by atoms with Gasteiger partial charge in [-0.05, 0) is 42.2 Å². The van der Waals surface area contributed by atoms with Crippen LogP contribution in [0.1, 0.15) is 30.9 Å². The second-order valence-corrected chi connectivity index (χ2v) is 6.26. The molecule has 0 fully saturated rings. The molecule has 0 amide bonds. The fraction of sp³-hybridized carbons (Fsp3) is 0.333. The highest BCUT2D eigenvalue weighted by atomic mass is 79.9. The smallest absolute Gasteiger partial charge is 0.119 e.